The number of rotatable bonds is 3. The van der Waals surface area contributed by atoms with Gasteiger partial charge in [0, 0.05) is 15.0 Å². The van der Waals surface area contributed by atoms with Gasteiger partial charge in [-0.2, -0.15) is 0 Å². The van der Waals surface area contributed by atoms with Gasteiger partial charge in [-0.3, -0.25) is 4.79 Å². The molecular formula is C14H14BrNOS. The van der Waals surface area contributed by atoms with Crippen LogP contribution in [0.2, 0.25) is 0 Å². The second-order valence-corrected chi connectivity index (χ2v) is 6.09. The maximum Gasteiger partial charge on any atom is 0.265 e. The third kappa shape index (κ3) is 3.00. The van der Waals surface area contributed by atoms with Crippen LogP contribution < -0.4 is 5.32 Å². The summed E-state index contributed by atoms with van der Waals surface area (Å²) >= 11 is 4.95. The number of amides is 1. The number of carbonyl (C=O) groups is 1. The van der Waals surface area contributed by atoms with Crippen molar-refractivity contribution >= 4 is 38.9 Å². The zero-order valence-corrected chi connectivity index (χ0v) is 12.7. The van der Waals surface area contributed by atoms with Crippen molar-refractivity contribution in [1.29, 1.82) is 0 Å². The lowest BCUT2D eigenvalue weighted by Crippen LogP contribution is -2.09. The van der Waals surface area contributed by atoms with E-state index in [1.807, 2.05) is 37.3 Å². The van der Waals surface area contributed by atoms with Crippen LogP contribution >= 0.6 is 27.3 Å². The highest BCUT2D eigenvalue weighted by Crippen LogP contribution is 2.24. The molecule has 0 radical (unpaired) electrons. The molecule has 0 aliphatic carbocycles. The fourth-order valence-electron chi connectivity index (χ4n) is 1.74. The number of hydrogen-bond acceptors (Lipinski definition) is 2. The largest absolute Gasteiger partial charge is 0.321 e. The maximum atomic E-state index is 12.1. The van der Waals surface area contributed by atoms with Crippen LogP contribution in [0.5, 0.6) is 0 Å². The summed E-state index contributed by atoms with van der Waals surface area (Å²) in [4.78, 5) is 14.1. The molecule has 0 unspecified atom stereocenters. The molecule has 1 heterocycles. The van der Waals surface area contributed by atoms with E-state index in [0.717, 1.165) is 21.5 Å². The van der Waals surface area contributed by atoms with E-state index in [2.05, 4.69) is 28.2 Å². The first-order valence-electron chi connectivity index (χ1n) is 5.76. The van der Waals surface area contributed by atoms with Crippen molar-refractivity contribution in [3.63, 3.8) is 0 Å². The van der Waals surface area contributed by atoms with Crippen LogP contribution in [-0.4, -0.2) is 5.91 Å². The van der Waals surface area contributed by atoms with E-state index in [4.69, 9.17) is 0 Å². The van der Waals surface area contributed by atoms with Crippen LogP contribution in [0, 0.1) is 6.92 Å². The number of anilines is 1. The van der Waals surface area contributed by atoms with Crippen LogP contribution in [-0.2, 0) is 6.42 Å². The van der Waals surface area contributed by atoms with E-state index in [9.17, 15) is 4.79 Å². The molecule has 1 aromatic carbocycles. The lowest BCUT2D eigenvalue weighted by molar-refractivity contribution is 0.103. The minimum Gasteiger partial charge on any atom is -0.321 e. The SMILES string of the molecule is CCc1sc(C(=O)Nc2cccc(Br)c2)cc1C. The quantitative estimate of drug-likeness (QED) is 0.876. The molecular weight excluding hydrogens is 310 g/mol. The summed E-state index contributed by atoms with van der Waals surface area (Å²) < 4.78 is 0.955. The maximum absolute atomic E-state index is 12.1. The van der Waals surface area contributed by atoms with Gasteiger partial charge in [0.2, 0.25) is 0 Å². The zero-order valence-electron chi connectivity index (χ0n) is 10.3. The van der Waals surface area contributed by atoms with Gasteiger partial charge >= 0.3 is 0 Å². The highest BCUT2D eigenvalue weighted by atomic mass is 79.9. The molecule has 0 spiro atoms. The van der Waals surface area contributed by atoms with E-state index in [1.54, 1.807) is 11.3 Å². The molecule has 0 aliphatic heterocycles. The van der Waals surface area contributed by atoms with Gasteiger partial charge in [-0.05, 0) is 43.2 Å². The summed E-state index contributed by atoms with van der Waals surface area (Å²) in [5, 5.41) is 2.91. The first kappa shape index (κ1) is 13.3. The van der Waals surface area contributed by atoms with Gasteiger partial charge in [0.25, 0.3) is 5.91 Å². The predicted molar refractivity (Wildman–Crippen MR) is 80.5 cm³/mol. The Balaban J connectivity index is 2.16. The average Bonchev–Trinajstić information content (AvgIpc) is 2.70. The highest BCUT2D eigenvalue weighted by molar-refractivity contribution is 9.10. The molecule has 0 saturated carbocycles. The van der Waals surface area contributed by atoms with Crippen molar-refractivity contribution in [3.05, 3.63) is 50.1 Å². The first-order valence-corrected chi connectivity index (χ1v) is 7.37. The first-order chi connectivity index (χ1) is 8.60. The minimum atomic E-state index is -0.0408. The van der Waals surface area contributed by atoms with Crippen molar-refractivity contribution in [1.82, 2.24) is 0 Å². The molecule has 0 bridgehead atoms. The number of thiophene rings is 1. The minimum absolute atomic E-state index is 0.0408. The molecule has 94 valence electrons. The smallest absolute Gasteiger partial charge is 0.265 e. The molecule has 1 N–H and O–H groups in total. The molecule has 2 rings (SSSR count). The van der Waals surface area contributed by atoms with Crippen LogP contribution in [0.25, 0.3) is 0 Å². The average molecular weight is 324 g/mol. The van der Waals surface area contributed by atoms with Gasteiger partial charge in [0.1, 0.15) is 0 Å². The molecule has 0 saturated heterocycles. The van der Waals surface area contributed by atoms with Crippen molar-refractivity contribution in [2.45, 2.75) is 20.3 Å². The Morgan fingerprint density at radius 1 is 1.39 bits per heavy atom. The van der Waals surface area contributed by atoms with Crippen LogP contribution in [0.15, 0.2) is 34.8 Å². The van der Waals surface area contributed by atoms with Crippen molar-refractivity contribution < 1.29 is 4.79 Å². The van der Waals surface area contributed by atoms with Gasteiger partial charge in [-0.1, -0.05) is 28.9 Å². The van der Waals surface area contributed by atoms with Gasteiger partial charge in [0.15, 0.2) is 0 Å². The standard InChI is InChI=1S/C14H14BrNOS/c1-3-12-9(2)7-13(18-12)14(17)16-11-6-4-5-10(15)8-11/h4-8H,3H2,1-2H3,(H,16,17). The molecule has 0 aliphatic rings. The lowest BCUT2D eigenvalue weighted by Gasteiger charge is -2.03. The van der Waals surface area contributed by atoms with Crippen LogP contribution in [0.3, 0.4) is 0 Å². The Morgan fingerprint density at radius 2 is 2.17 bits per heavy atom. The van der Waals surface area contributed by atoms with E-state index < -0.39 is 0 Å². The number of nitrogens with one attached hydrogen (secondary N) is 1. The Bertz CT molecular complexity index is 577. The fraction of sp³-hybridized carbons (Fsp3) is 0.214. The molecule has 0 atom stereocenters. The zero-order chi connectivity index (χ0) is 13.1. The fourth-order valence-corrected chi connectivity index (χ4v) is 3.15. The Hall–Kier alpha value is -1.13. The molecule has 18 heavy (non-hydrogen) atoms. The van der Waals surface area contributed by atoms with Gasteiger partial charge in [-0.25, -0.2) is 0 Å². The van der Waals surface area contributed by atoms with Crippen LogP contribution in [0.1, 0.15) is 27.0 Å². The van der Waals surface area contributed by atoms with Crippen molar-refractivity contribution in [2.75, 3.05) is 5.32 Å². The van der Waals surface area contributed by atoms with Gasteiger partial charge in [-0.15, -0.1) is 11.3 Å². The summed E-state index contributed by atoms with van der Waals surface area (Å²) in [6.45, 7) is 4.15. The van der Waals surface area contributed by atoms with Gasteiger partial charge < -0.3 is 5.32 Å². The number of carbonyl (C=O) groups excluding carboxylic acids is 1. The normalized spacial score (nSPS) is 10.4. The van der Waals surface area contributed by atoms with Gasteiger partial charge in [0.05, 0.1) is 4.88 Å². The Labute approximate surface area is 119 Å². The highest BCUT2D eigenvalue weighted by Gasteiger charge is 2.11. The molecule has 4 heteroatoms. The molecule has 0 fully saturated rings. The summed E-state index contributed by atoms with van der Waals surface area (Å²) in [5.41, 5.74) is 2.00. The lowest BCUT2D eigenvalue weighted by atomic mass is 10.2. The third-order valence-electron chi connectivity index (χ3n) is 2.65. The third-order valence-corrected chi connectivity index (χ3v) is 4.52. The number of benzene rings is 1. The second-order valence-electron chi connectivity index (χ2n) is 4.03. The van der Waals surface area contributed by atoms with E-state index >= 15 is 0 Å². The molecule has 2 nitrogen and oxygen atoms in total. The predicted octanol–water partition coefficient (Wildman–Crippen LogP) is 4.63. The topological polar surface area (TPSA) is 29.1 Å². The Kier molecular flexibility index (Phi) is 4.19. The van der Waals surface area contributed by atoms with Crippen molar-refractivity contribution in [3.8, 4) is 0 Å². The Morgan fingerprint density at radius 3 is 2.78 bits per heavy atom. The van der Waals surface area contributed by atoms with Crippen LogP contribution in [0.4, 0.5) is 5.69 Å². The number of aryl methyl sites for hydroxylation is 2. The summed E-state index contributed by atoms with van der Waals surface area (Å²) in [6, 6.07) is 9.55. The van der Waals surface area contributed by atoms with E-state index in [-0.39, 0.29) is 5.91 Å². The molecule has 2 aromatic rings. The summed E-state index contributed by atoms with van der Waals surface area (Å²) in [6.07, 6.45) is 0.973. The van der Waals surface area contributed by atoms with E-state index in [0.29, 0.717) is 0 Å². The number of halogens is 1. The van der Waals surface area contributed by atoms with Crippen molar-refractivity contribution in [2.24, 2.45) is 0 Å². The second kappa shape index (κ2) is 5.67. The van der Waals surface area contributed by atoms with E-state index in [1.165, 1.54) is 10.4 Å². The summed E-state index contributed by atoms with van der Waals surface area (Å²) in [5.74, 6) is -0.0408. The molecule has 1 aromatic heterocycles. The number of hydrogen-bond donors (Lipinski definition) is 1. The summed E-state index contributed by atoms with van der Waals surface area (Å²) in [7, 11) is 0. The molecule has 1 amide bonds. The monoisotopic (exact) mass is 323 g/mol.